The summed E-state index contributed by atoms with van der Waals surface area (Å²) in [6.45, 7) is 0. The second-order valence-electron chi connectivity index (χ2n) is 3.66. The minimum Gasteiger partial charge on any atom is -0.387 e. The maximum absolute atomic E-state index is 10.1. The molecule has 1 atom stereocenters. The van der Waals surface area contributed by atoms with Gasteiger partial charge in [-0.25, -0.2) is 4.98 Å². The lowest BCUT2D eigenvalue weighted by atomic mass is 10.1. The minimum atomic E-state index is -0.637. The molecule has 1 aromatic heterocycles. The molecular weight excluding hydrogens is 289 g/mol. The van der Waals surface area contributed by atoms with Gasteiger partial charge in [-0.1, -0.05) is 35.3 Å². The molecule has 0 amide bonds. The number of pyridine rings is 1. The molecule has 1 N–H and O–H groups in total. The summed E-state index contributed by atoms with van der Waals surface area (Å²) in [6.07, 6.45) is 1.09. The molecule has 0 aliphatic carbocycles. The van der Waals surface area contributed by atoms with Crippen molar-refractivity contribution in [3.63, 3.8) is 0 Å². The van der Waals surface area contributed by atoms with Crippen molar-refractivity contribution in [3.05, 3.63) is 58.2 Å². The van der Waals surface area contributed by atoms with Crippen molar-refractivity contribution in [2.75, 3.05) is 5.75 Å². The molecule has 0 radical (unpaired) electrons. The molecule has 0 aliphatic heterocycles. The summed E-state index contributed by atoms with van der Waals surface area (Å²) in [7, 11) is 0. The van der Waals surface area contributed by atoms with Crippen molar-refractivity contribution in [1.29, 1.82) is 0 Å². The Labute approximate surface area is 120 Å². The van der Waals surface area contributed by atoms with Gasteiger partial charge in [-0.15, -0.1) is 11.8 Å². The standard InChI is InChI=1S/C13H11Cl2NOS/c14-9-4-5-10(11(15)7-9)12(17)8-18-13-3-1-2-6-16-13/h1-7,12,17H,8H2/t12-/m0/s1. The number of aliphatic hydroxyl groups is 1. The highest BCUT2D eigenvalue weighted by Crippen LogP contribution is 2.29. The number of nitrogens with zero attached hydrogens (tertiary/aromatic N) is 1. The maximum atomic E-state index is 10.1. The average Bonchev–Trinajstić information content (AvgIpc) is 2.37. The fourth-order valence-electron chi connectivity index (χ4n) is 1.46. The zero-order valence-electron chi connectivity index (χ0n) is 9.38. The van der Waals surface area contributed by atoms with Crippen LogP contribution in [0.25, 0.3) is 0 Å². The van der Waals surface area contributed by atoms with Crippen LogP contribution in [-0.4, -0.2) is 15.8 Å². The smallest absolute Gasteiger partial charge is 0.0960 e. The second-order valence-corrected chi connectivity index (χ2v) is 5.54. The van der Waals surface area contributed by atoms with Gasteiger partial charge in [0, 0.05) is 27.6 Å². The molecule has 0 unspecified atom stereocenters. The van der Waals surface area contributed by atoms with Gasteiger partial charge >= 0.3 is 0 Å². The highest BCUT2D eigenvalue weighted by atomic mass is 35.5. The second kappa shape index (κ2) is 6.43. The maximum Gasteiger partial charge on any atom is 0.0960 e. The Bertz CT molecular complexity index is 522. The number of aliphatic hydroxyl groups excluding tert-OH is 1. The van der Waals surface area contributed by atoms with E-state index in [1.165, 1.54) is 11.8 Å². The lowest BCUT2D eigenvalue weighted by Gasteiger charge is -2.12. The first kappa shape index (κ1) is 13.7. The van der Waals surface area contributed by atoms with E-state index in [9.17, 15) is 5.11 Å². The quantitative estimate of drug-likeness (QED) is 0.858. The van der Waals surface area contributed by atoms with E-state index in [1.54, 1.807) is 24.4 Å². The van der Waals surface area contributed by atoms with E-state index < -0.39 is 6.10 Å². The fraction of sp³-hybridized carbons (Fsp3) is 0.154. The van der Waals surface area contributed by atoms with E-state index in [2.05, 4.69) is 4.98 Å². The van der Waals surface area contributed by atoms with Gasteiger partial charge in [0.05, 0.1) is 11.1 Å². The largest absolute Gasteiger partial charge is 0.387 e. The monoisotopic (exact) mass is 299 g/mol. The molecule has 2 nitrogen and oxygen atoms in total. The molecule has 5 heteroatoms. The SMILES string of the molecule is O[C@@H](CSc1ccccn1)c1ccc(Cl)cc1Cl. The van der Waals surface area contributed by atoms with Crippen LogP contribution in [0.5, 0.6) is 0 Å². The van der Waals surface area contributed by atoms with E-state index in [0.717, 1.165) is 5.03 Å². The van der Waals surface area contributed by atoms with Crippen molar-refractivity contribution >= 4 is 35.0 Å². The third kappa shape index (κ3) is 3.62. The lowest BCUT2D eigenvalue weighted by molar-refractivity contribution is 0.204. The van der Waals surface area contributed by atoms with Crippen LogP contribution in [0.4, 0.5) is 0 Å². The van der Waals surface area contributed by atoms with Crippen molar-refractivity contribution in [2.24, 2.45) is 0 Å². The van der Waals surface area contributed by atoms with Gasteiger partial charge in [-0.05, 0) is 24.3 Å². The minimum absolute atomic E-state index is 0.483. The molecule has 0 fully saturated rings. The third-order valence-corrected chi connectivity index (χ3v) is 3.93. The lowest BCUT2D eigenvalue weighted by Crippen LogP contribution is -2.01. The summed E-state index contributed by atoms with van der Waals surface area (Å²) in [6, 6.07) is 10.8. The normalized spacial score (nSPS) is 12.4. The zero-order chi connectivity index (χ0) is 13.0. The van der Waals surface area contributed by atoms with Gasteiger partial charge in [0.2, 0.25) is 0 Å². The topological polar surface area (TPSA) is 33.1 Å². The number of rotatable bonds is 4. The predicted molar refractivity (Wildman–Crippen MR) is 76.4 cm³/mol. The van der Waals surface area contributed by atoms with Gasteiger partial charge < -0.3 is 5.11 Å². The number of benzene rings is 1. The zero-order valence-corrected chi connectivity index (χ0v) is 11.7. The average molecular weight is 300 g/mol. The van der Waals surface area contributed by atoms with Crippen LogP contribution in [0, 0.1) is 0 Å². The van der Waals surface area contributed by atoms with Crippen LogP contribution in [0.3, 0.4) is 0 Å². The Morgan fingerprint density at radius 1 is 1.22 bits per heavy atom. The molecule has 1 aromatic carbocycles. The van der Waals surface area contributed by atoms with Gasteiger partial charge in [-0.3, -0.25) is 0 Å². The van der Waals surface area contributed by atoms with Gasteiger partial charge in [0.25, 0.3) is 0 Å². The first-order valence-corrected chi connectivity index (χ1v) is 7.08. The summed E-state index contributed by atoms with van der Waals surface area (Å²) in [4.78, 5) is 4.18. The van der Waals surface area contributed by atoms with E-state index >= 15 is 0 Å². The van der Waals surface area contributed by atoms with Crippen molar-refractivity contribution in [1.82, 2.24) is 4.98 Å². The van der Waals surface area contributed by atoms with E-state index in [-0.39, 0.29) is 0 Å². The Morgan fingerprint density at radius 3 is 2.72 bits per heavy atom. The van der Waals surface area contributed by atoms with Crippen LogP contribution >= 0.6 is 35.0 Å². The fourth-order valence-corrected chi connectivity index (χ4v) is 2.81. The molecule has 2 aromatic rings. The molecule has 94 valence electrons. The van der Waals surface area contributed by atoms with Crippen LogP contribution in [-0.2, 0) is 0 Å². The van der Waals surface area contributed by atoms with Gasteiger partial charge in [-0.2, -0.15) is 0 Å². The molecule has 2 rings (SSSR count). The summed E-state index contributed by atoms with van der Waals surface area (Å²) in [5.74, 6) is 0.498. The Hall–Kier alpha value is -0.740. The molecule has 0 spiro atoms. The number of thioether (sulfide) groups is 1. The van der Waals surface area contributed by atoms with E-state index in [1.807, 2.05) is 18.2 Å². The first-order valence-electron chi connectivity index (χ1n) is 5.33. The van der Waals surface area contributed by atoms with Gasteiger partial charge in [0.15, 0.2) is 0 Å². The highest BCUT2D eigenvalue weighted by molar-refractivity contribution is 7.99. The Kier molecular flexibility index (Phi) is 4.89. The van der Waals surface area contributed by atoms with Crippen molar-refractivity contribution in [3.8, 4) is 0 Å². The summed E-state index contributed by atoms with van der Waals surface area (Å²) in [5, 5.41) is 12.0. The Balaban J connectivity index is 2.01. The molecule has 0 aliphatic rings. The van der Waals surface area contributed by atoms with Crippen molar-refractivity contribution < 1.29 is 5.11 Å². The van der Waals surface area contributed by atoms with Crippen LogP contribution in [0.15, 0.2) is 47.6 Å². The molecular formula is C13H11Cl2NOS. The highest BCUT2D eigenvalue weighted by Gasteiger charge is 2.12. The summed E-state index contributed by atoms with van der Waals surface area (Å²) >= 11 is 13.3. The van der Waals surface area contributed by atoms with Crippen LogP contribution in [0.1, 0.15) is 11.7 Å². The molecule has 0 saturated carbocycles. The van der Waals surface area contributed by atoms with Crippen molar-refractivity contribution in [2.45, 2.75) is 11.1 Å². The molecule has 18 heavy (non-hydrogen) atoms. The third-order valence-electron chi connectivity index (χ3n) is 2.35. The summed E-state index contributed by atoms with van der Waals surface area (Å²) < 4.78 is 0. The summed E-state index contributed by atoms with van der Waals surface area (Å²) in [5.41, 5.74) is 0.685. The van der Waals surface area contributed by atoms with E-state index in [4.69, 9.17) is 23.2 Å². The van der Waals surface area contributed by atoms with Crippen LogP contribution in [0.2, 0.25) is 10.0 Å². The number of hydrogen-bond acceptors (Lipinski definition) is 3. The molecule has 1 heterocycles. The predicted octanol–water partition coefficient (Wildman–Crippen LogP) is 4.21. The Morgan fingerprint density at radius 2 is 2.06 bits per heavy atom. The van der Waals surface area contributed by atoms with E-state index in [0.29, 0.717) is 21.4 Å². The number of halogens is 2. The number of aromatic nitrogens is 1. The van der Waals surface area contributed by atoms with Crippen LogP contribution < -0.4 is 0 Å². The number of hydrogen-bond donors (Lipinski definition) is 1. The van der Waals surface area contributed by atoms with Gasteiger partial charge in [0.1, 0.15) is 0 Å². The first-order chi connectivity index (χ1) is 8.66. The molecule has 0 bridgehead atoms. The molecule has 0 saturated heterocycles.